The topological polar surface area (TPSA) is 64.6 Å². The van der Waals surface area contributed by atoms with Gasteiger partial charge in [-0.25, -0.2) is 9.59 Å². The molecule has 0 aliphatic rings. The number of amides is 1. The molecule has 0 aromatic carbocycles. The molecule has 0 radical (unpaired) electrons. The number of esters is 1. The summed E-state index contributed by atoms with van der Waals surface area (Å²) in [5, 5.41) is 2.24. The molecule has 124 valence electrons. The van der Waals surface area contributed by atoms with E-state index in [0.717, 1.165) is 0 Å². The molecule has 0 unspecified atom stereocenters. The number of carbonyl (C=O) groups is 2. The van der Waals surface area contributed by atoms with Crippen LogP contribution in [0.4, 0.5) is 18.0 Å². The van der Waals surface area contributed by atoms with Crippen LogP contribution >= 0.6 is 0 Å². The van der Waals surface area contributed by atoms with Crippen molar-refractivity contribution in [3.8, 4) is 0 Å². The average molecular weight is 313 g/mol. The van der Waals surface area contributed by atoms with Crippen LogP contribution in [0.2, 0.25) is 0 Å². The van der Waals surface area contributed by atoms with Crippen LogP contribution in [0, 0.1) is 0 Å². The second-order valence-corrected chi connectivity index (χ2v) is 5.46. The van der Waals surface area contributed by atoms with Crippen LogP contribution in [0.3, 0.4) is 0 Å². The highest BCUT2D eigenvalue weighted by atomic mass is 19.4. The molecule has 8 heteroatoms. The molecular weight excluding hydrogens is 291 g/mol. The molecule has 0 aromatic rings. The summed E-state index contributed by atoms with van der Waals surface area (Å²) in [5.74, 6) is -0.773. The number of nitrogens with one attached hydrogen (secondary N) is 1. The molecule has 0 heterocycles. The fourth-order valence-corrected chi connectivity index (χ4v) is 1.45. The first-order chi connectivity index (χ1) is 9.44. The normalized spacial score (nSPS) is 13.5. The van der Waals surface area contributed by atoms with Gasteiger partial charge in [0, 0.05) is 6.42 Å². The zero-order valence-electron chi connectivity index (χ0n) is 12.7. The SMILES string of the molecule is CCOC(=O)[C@H](CCCC(F)(F)F)NC(=O)OC(C)(C)C. The van der Waals surface area contributed by atoms with Crippen LogP contribution in [-0.2, 0) is 14.3 Å². The Morgan fingerprint density at radius 2 is 1.76 bits per heavy atom. The highest BCUT2D eigenvalue weighted by molar-refractivity contribution is 5.81. The Morgan fingerprint density at radius 1 is 1.19 bits per heavy atom. The number of alkyl halides is 3. The van der Waals surface area contributed by atoms with Crippen molar-refractivity contribution in [2.45, 2.75) is 64.8 Å². The van der Waals surface area contributed by atoms with Crippen molar-refractivity contribution in [3.05, 3.63) is 0 Å². The minimum atomic E-state index is -4.30. The number of alkyl carbamates (subject to hydrolysis) is 1. The number of hydrogen-bond acceptors (Lipinski definition) is 4. The van der Waals surface area contributed by atoms with Crippen molar-refractivity contribution in [1.29, 1.82) is 0 Å². The maximum Gasteiger partial charge on any atom is 0.408 e. The predicted molar refractivity (Wildman–Crippen MR) is 69.7 cm³/mol. The molecule has 21 heavy (non-hydrogen) atoms. The van der Waals surface area contributed by atoms with Crippen LogP contribution < -0.4 is 5.32 Å². The molecule has 0 spiro atoms. The molecule has 1 atom stereocenters. The molecule has 0 fully saturated rings. The van der Waals surface area contributed by atoms with E-state index in [0.29, 0.717) is 0 Å². The first-order valence-corrected chi connectivity index (χ1v) is 6.67. The highest BCUT2D eigenvalue weighted by Crippen LogP contribution is 2.23. The van der Waals surface area contributed by atoms with Crippen LogP contribution in [-0.4, -0.2) is 36.5 Å². The van der Waals surface area contributed by atoms with Gasteiger partial charge in [0.25, 0.3) is 0 Å². The third-order valence-electron chi connectivity index (χ3n) is 2.22. The lowest BCUT2D eigenvalue weighted by atomic mass is 10.1. The van der Waals surface area contributed by atoms with E-state index >= 15 is 0 Å². The van der Waals surface area contributed by atoms with Gasteiger partial charge in [0.15, 0.2) is 0 Å². The molecule has 0 saturated heterocycles. The van der Waals surface area contributed by atoms with Gasteiger partial charge in [-0.05, 0) is 40.5 Å². The smallest absolute Gasteiger partial charge is 0.408 e. The molecule has 0 aromatic heterocycles. The number of ether oxygens (including phenoxy) is 2. The van der Waals surface area contributed by atoms with Crippen molar-refractivity contribution in [3.63, 3.8) is 0 Å². The first kappa shape index (κ1) is 19.5. The minimum Gasteiger partial charge on any atom is -0.464 e. The van der Waals surface area contributed by atoms with E-state index in [4.69, 9.17) is 9.47 Å². The van der Waals surface area contributed by atoms with E-state index in [1.807, 2.05) is 0 Å². The van der Waals surface area contributed by atoms with E-state index in [-0.39, 0.29) is 19.4 Å². The second-order valence-electron chi connectivity index (χ2n) is 5.46. The van der Waals surface area contributed by atoms with E-state index < -0.39 is 36.3 Å². The summed E-state index contributed by atoms with van der Waals surface area (Å²) in [6.45, 7) is 6.55. The maximum atomic E-state index is 12.1. The Kier molecular flexibility index (Phi) is 7.52. The number of halogens is 3. The number of hydrogen-bond donors (Lipinski definition) is 1. The molecule has 0 bridgehead atoms. The monoisotopic (exact) mass is 313 g/mol. The van der Waals surface area contributed by atoms with Crippen molar-refractivity contribution < 1.29 is 32.2 Å². The summed E-state index contributed by atoms with van der Waals surface area (Å²) in [5.41, 5.74) is -0.769. The van der Waals surface area contributed by atoms with E-state index in [9.17, 15) is 22.8 Å². The third-order valence-corrected chi connectivity index (χ3v) is 2.22. The summed E-state index contributed by atoms with van der Waals surface area (Å²) in [6, 6.07) is -1.15. The summed E-state index contributed by atoms with van der Waals surface area (Å²) in [7, 11) is 0. The lowest BCUT2D eigenvalue weighted by Crippen LogP contribution is -2.44. The van der Waals surface area contributed by atoms with Gasteiger partial charge in [0.05, 0.1) is 6.61 Å². The van der Waals surface area contributed by atoms with Crippen molar-refractivity contribution >= 4 is 12.1 Å². The Bertz CT molecular complexity index is 350. The second kappa shape index (κ2) is 8.09. The van der Waals surface area contributed by atoms with Crippen LogP contribution in [0.5, 0.6) is 0 Å². The zero-order chi connectivity index (χ0) is 16.7. The largest absolute Gasteiger partial charge is 0.464 e. The maximum absolute atomic E-state index is 12.1. The molecule has 0 aliphatic carbocycles. The summed E-state index contributed by atoms with van der Waals surface area (Å²) in [6.07, 6.45) is -6.66. The van der Waals surface area contributed by atoms with Gasteiger partial charge < -0.3 is 14.8 Å². The predicted octanol–water partition coefficient (Wildman–Crippen LogP) is 3.18. The van der Waals surface area contributed by atoms with Gasteiger partial charge in [-0.1, -0.05) is 0 Å². The molecule has 0 aliphatic heterocycles. The first-order valence-electron chi connectivity index (χ1n) is 6.67. The molecule has 1 amide bonds. The van der Waals surface area contributed by atoms with Crippen molar-refractivity contribution in [2.75, 3.05) is 6.61 Å². The number of rotatable bonds is 6. The van der Waals surface area contributed by atoms with E-state index in [1.54, 1.807) is 27.7 Å². The fraction of sp³-hybridized carbons (Fsp3) is 0.846. The Hall–Kier alpha value is -1.47. The molecule has 1 N–H and O–H groups in total. The Labute approximate surface area is 122 Å². The fourth-order valence-electron chi connectivity index (χ4n) is 1.45. The molecule has 5 nitrogen and oxygen atoms in total. The number of carbonyl (C=O) groups excluding carboxylic acids is 2. The van der Waals surface area contributed by atoms with Gasteiger partial charge in [0.2, 0.25) is 0 Å². The van der Waals surface area contributed by atoms with Gasteiger partial charge in [0.1, 0.15) is 11.6 Å². The quantitative estimate of drug-likeness (QED) is 0.765. The molecule has 0 rings (SSSR count). The Balaban J connectivity index is 4.53. The van der Waals surface area contributed by atoms with Crippen LogP contribution in [0.1, 0.15) is 47.0 Å². The van der Waals surface area contributed by atoms with Crippen molar-refractivity contribution in [2.24, 2.45) is 0 Å². The van der Waals surface area contributed by atoms with Crippen LogP contribution in [0.25, 0.3) is 0 Å². The third kappa shape index (κ3) is 10.9. The van der Waals surface area contributed by atoms with E-state index in [1.165, 1.54) is 0 Å². The molecular formula is C13H22F3NO4. The van der Waals surface area contributed by atoms with Gasteiger partial charge in [-0.3, -0.25) is 0 Å². The average Bonchev–Trinajstić information content (AvgIpc) is 2.23. The van der Waals surface area contributed by atoms with E-state index in [2.05, 4.69) is 5.32 Å². The van der Waals surface area contributed by atoms with Gasteiger partial charge in [-0.15, -0.1) is 0 Å². The van der Waals surface area contributed by atoms with Gasteiger partial charge in [-0.2, -0.15) is 13.2 Å². The highest BCUT2D eigenvalue weighted by Gasteiger charge is 2.29. The van der Waals surface area contributed by atoms with Gasteiger partial charge >= 0.3 is 18.2 Å². The summed E-state index contributed by atoms with van der Waals surface area (Å²) < 4.78 is 46.0. The summed E-state index contributed by atoms with van der Waals surface area (Å²) in [4.78, 5) is 23.2. The standard InChI is InChI=1S/C13H22F3NO4/c1-5-20-10(18)9(7-6-8-13(14,15)16)17-11(19)21-12(2,3)4/h9H,5-8H2,1-4H3,(H,17,19)/t9-/m0/s1. The van der Waals surface area contributed by atoms with Crippen LogP contribution in [0.15, 0.2) is 0 Å². The lowest BCUT2D eigenvalue weighted by Gasteiger charge is -2.23. The summed E-state index contributed by atoms with van der Waals surface area (Å²) >= 11 is 0. The lowest BCUT2D eigenvalue weighted by molar-refractivity contribution is -0.147. The van der Waals surface area contributed by atoms with Crippen molar-refractivity contribution in [1.82, 2.24) is 5.32 Å². The molecule has 0 saturated carbocycles. The zero-order valence-corrected chi connectivity index (χ0v) is 12.7. The Morgan fingerprint density at radius 3 is 2.19 bits per heavy atom. The minimum absolute atomic E-state index is 0.0740.